The van der Waals surface area contributed by atoms with Crippen LogP contribution in [0, 0.1) is 5.92 Å². The lowest BCUT2D eigenvalue weighted by molar-refractivity contribution is -0.168. The van der Waals surface area contributed by atoms with Crippen molar-refractivity contribution in [3.05, 3.63) is 77.9 Å². The van der Waals surface area contributed by atoms with E-state index in [9.17, 15) is 4.79 Å². The van der Waals surface area contributed by atoms with Gasteiger partial charge in [-0.05, 0) is 55.9 Å². The van der Waals surface area contributed by atoms with Crippen molar-refractivity contribution in [3.8, 4) is 5.75 Å². The Morgan fingerprint density at radius 2 is 1.66 bits per heavy atom. The molecule has 0 saturated carbocycles. The van der Waals surface area contributed by atoms with Crippen LogP contribution in [0.25, 0.3) is 0 Å². The lowest BCUT2D eigenvalue weighted by Gasteiger charge is -2.30. The zero-order valence-electron chi connectivity index (χ0n) is 21.4. The number of esters is 1. The summed E-state index contributed by atoms with van der Waals surface area (Å²) in [5.41, 5.74) is 2.16. The lowest BCUT2D eigenvalue weighted by Crippen LogP contribution is -2.38. The van der Waals surface area contributed by atoms with Gasteiger partial charge in [-0.15, -0.1) is 0 Å². The topological polar surface area (TPSA) is 54.0 Å². The molecule has 0 aromatic heterocycles. The van der Waals surface area contributed by atoms with Crippen LogP contribution in [0.1, 0.15) is 63.5 Å². The summed E-state index contributed by atoms with van der Waals surface area (Å²) in [6, 6.07) is 17.9. The molecule has 0 amide bonds. The van der Waals surface area contributed by atoms with Gasteiger partial charge in [-0.1, -0.05) is 74.4 Å². The molecular weight excluding hydrogens is 440 g/mol. The molecular formula is C30H40O5. The Labute approximate surface area is 210 Å². The fourth-order valence-electron chi connectivity index (χ4n) is 4.23. The van der Waals surface area contributed by atoms with Gasteiger partial charge in [0, 0.05) is 0 Å². The third-order valence-corrected chi connectivity index (χ3v) is 6.49. The monoisotopic (exact) mass is 480 g/mol. The van der Waals surface area contributed by atoms with Crippen molar-refractivity contribution in [2.75, 3.05) is 7.11 Å². The van der Waals surface area contributed by atoms with Gasteiger partial charge in [0.05, 0.1) is 38.4 Å². The third-order valence-electron chi connectivity index (χ3n) is 6.49. The molecule has 0 N–H and O–H groups in total. The molecule has 1 heterocycles. The minimum Gasteiger partial charge on any atom is -0.497 e. The van der Waals surface area contributed by atoms with Crippen molar-refractivity contribution >= 4 is 5.97 Å². The van der Waals surface area contributed by atoms with Gasteiger partial charge < -0.3 is 18.9 Å². The second-order valence-electron chi connectivity index (χ2n) is 9.22. The van der Waals surface area contributed by atoms with Crippen LogP contribution in [0.5, 0.6) is 5.75 Å². The molecule has 0 aliphatic carbocycles. The van der Waals surface area contributed by atoms with Gasteiger partial charge in [0.2, 0.25) is 0 Å². The number of hydrogen-bond donors (Lipinski definition) is 0. The number of benzene rings is 2. The highest BCUT2D eigenvalue weighted by atomic mass is 16.6. The van der Waals surface area contributed by atoms with Crippen molar-refractivity contribution in [2.24, 2.45) is 5.92 Å². The summed E-state index contributed by atoms with van der Waals surface area (Å²) in [5, 5.41) is 0. The largest absolute Gasteiger partial charge is 0.497 e. The van der Waals surface area contributed by atoms with E-state index in [0.717, 1.165) is 55.4 Å². The number of cyclic esters (lactones) is 1. The van der Waals surface area contributed by atoms with Crippen molar-refractivity contribution in [2.45, 2.75) is 83.9 Å². The first kappa shape index (κ1) is 27.0. The van der Waals surface area contributed by atoms with Gasteiger partial charge in [-0.2, -0.15) is 0 Å². The molecule has 4 atom stereocenters. The Bertz CT molecular complexity index is 893. The molecule has 190 valence electrons. The molecule has 0 spiro atoms. The van der Waals surface area contributed by atoms with Crippen LogP contribution >= 0.6 is 0 Å². The van der Waals surface area contributed by atoms with E-state index in [1.54, 1.807) is 7.11 Å². The highest BCUT2D eigenvalue weighted by Crippen LogP contribution is 2.24. The van der Waals surface area contributed by atoms with Crippen molar-refractivity contribution in [1.29, 1.82) is 0 Å². The average Bonchev–Trinajstić information content (AvgIpc) is 2.89. The fraction of sp³-hybridized carbons (Fsp3) is 0.500. The van der Waals surface area contributed by atoms with E-state index < -0.39 is 5.92 Å². The first-order valence-corrected chi connectivity index (χ1v) is 12.9. The Kier molecular flexibility index (Phi) is 11.3. The summed E-state index contributed by atoms with van der Waals surface area (Å²) >= 11 is 0. The normalized spacial score (nSPS) is 23.9. The van der Waals surface area contributed by atoms with Gasteiger partial charge in [0.25, 0.3) is 0 Å². The predicted octanol–water partition coefficient (Wildman–Crippen LogP) is 6.64. The summed E-state index contributed by atoms with van der Waals surface area (Å²) < 4.78 is 23.8. The minimum atomic E-state index is -0.411. The van der Waals surface area contributed by atoms with Crippen molar-refractivity contribution in [1.82, 2.24) is 0 Å². The van der Waals surface area contributed by atoms with E-state index in [4.69, 9.17) is 18.9 Å². The minimum absolute atomic E-state index is 0.135. The average molecular weight is 481 g/mol. The summed E-state index contributed by atoms with van der Waals surface area (Å²) in [4.78, 5) is 13.2. The van der Waals surface area contributed by atoms with Gasteiger partial charge in [-0.3, -0.25) is 4.79 Å². The summed E-state index contributed by atoms with van der Waals surface area (Å²) in [6.07, 6.45) is 9.09. The van der Waals surface area contributed by atoms with Crippen molar-refractivity contribution in [3.63, 3.8) is 0 Å². The van der Waals surface area contributed by atoms with Crippen LogP contribution in [0.4, 0.5) is 0 Å². The van der Waals surface area contributed by atoms with E-state index in [0.29, 0.717) is 13.2 Å². The molecule has 1 aliphatic rings. The molecule has 2 aromatic rings. The number of carbonyl (C=O) groups is 1. The predicted molar refractivity (Wildman–Crippen MR) is 138 cm³/mol. The number of ether oxygens (including phenoxy) is 4. The van der Waals surface area contributed by atoms with E-state index in [1.165, 1.54) is 0 Å². The van der Waals surface area contributed by atoms with Crippen LogP contribution in [-0.2, 0) is 32.2 Å². The molecule has 0 radical (unpaired) electrons. The van der Waals surface area contributed by atoms with Crippen molar-refractivity contribution < 1.29 is 23.7 Å². The quantitative estimate of drug-likeness (QED) is 0.205. The standard InChI is InChI=1S/C30H40O5/c1-4-5-7-16-29-28(34-21-24-12-8-6-9-13-24)15-11-10-14-27(23(2)30(31)35-29)33-22-25-17-19-26(32-3)20-18-25/h6,8-10,12-14,17-20,23,27-29H,4-5,7,11,15-16,21-22H2,1-3H3/b14-10+/t23-,27-,28+,29?/m1/s1. The summed E-state index contributed by atoms with van der Waals surface area (Å²) in [6.45, 7) is 5.00. The van der Waals surface area contributed by atoms with Crippen LogP contribution in [0.15, 0.2) is 66.7 Å². The van der Waals surface area contributed by atoms with Crippen LogP contribution in [-0.4, -0.2) is 31.4 Å². The van der Waals surface area contributed by atoms with E-state index in [1.807, 2.05) is 55.5 Å². The molecule has 0 fully saturated rings. The number of carbonyl (C=O) groups excluding carboxylic acids is 1. The third kappa shape index (κ3) is 8.83. The highest BCUT2D eigenvalue weighted by Gasteiger charge is 2.31. The van der Waals surface area contributed by atoms with Crippen LogP contribution in [0.3, 0.4) is 0 Å². The van der Waals surface area contributed by atoms with Gasteiger partial charge in [0.1, 0.15) is 11.9 Å². The van der Waals surface area contributed by atoms with Gasteiger partial charge >= 0.3 is 5.97 Å². The number of hydrogen-bond acceptors (Lipinski definition) is 5. The fourth-order valence-corrected chi connectivity index (χ4v) is 4.23. The Balaban J connectivity index is 1.67. The van der Waals surface area contributed by atoms with Crippen LogP contribution < -0.4 is 4.74 Å². The first-order chi connectivity index (χ1) is 17.1. The maximum atomic E-state index is 13.2. The molecule has 3 rings (SSSR count). The van der Waals surface area contributed by atoms with E-state index >= 15 is 0 Å². The molecule has 1 aliphatic heterocycles. The zero-order valence-corrected chi connectivity index (χ0v) is 21.4. The second kappa shape index (κ2) is 14.7. The number of methoxy groups -OCH3 is 1. The molecule has 35 heavy (non-hydrogen) atoms. The summed E-state index contributed by atoms with van der Waals surface area (Å²) in [5.74, 6) is 0.166. The number of rotatable bonds is 11. The Hall–Kier alpha value is -2.63. The first-order valence-electron chi connectivity index (χ1n) is 12.9. The molecule has 1 unspecified atom stereocenters. The Morgan fingerprint density at radius 3 is 2.37 bits per heavy atom. The van der Waals surface area contributed by atoms with Gasteiger partial charge in [0.15, 0.2) is 0 Å². The SMILES string of the molecule is CCCCCC1OC(=O)[C@H](C)[C@H](OCc2ccc(OC)cc2)/C=C/CC[C@@H]1OCc1ccccc1. The number of allylic oxidation sites excluding steroid dienone is 1. The lowest BCUT2D eigenvalue weighted by atomic mass is 9.98. The van der Waals surface area contributed by atoms with Crippen LogP contribution in [0.2, 0.25) is 0 Å². The molecule has 2 aromatic carbocycles. The smallest absolute Gasteiger partial charge is 0.312 e. The van der Waals surface area contributed by atoms with E-state index in [-0.39, 0.29) is 24.3 Å². The molecule has 5 heteroatoms. The molecule has 0 saturated heterocycles. The highest BCUT2D eigenvalue weighted by molar-refractivity contribution is 5.73. The molecule has 5 nitrogen and oxygen atoms in total. The van der Waals surface area contributed by atoms with E-state index in [2.05, 4.69) is 25.1 Å². The zero-order chi connectivity index (χ0) is 24.9. The second-order valence-corrected chi connectivity index (χ2v) is 9.22. The maximum Gasteiger partial charge on any atom is 0.312 e. The molecule has 0 bridgehead atoms. The number of unbranched alkanes of at least 4 members (excludes halogenated alkanes) is 2. The maximum absolute atomic E-state index is 13.2. The van der Waals surface area contributed by atoms with Gasteiger partial charge in [-0.25, -0.2) is 0 Å². The Morgan fingerprint density at radius 1 is 0.943 bits per heavy atom. The summed E-state index contributed by atoms with van der Waals surface area (Å²) in [7, 11) is 1.65.